The van der Waals surface area contributed by atoms with Gasteiger partial charge in [-0.2, -0.15) is 0 Å². The van der Waals surface area contributed by atoms with Gasteiger partial charge in [-0.15, -0.1) is 11.8 Å². The second kappa shape index (κ2) is 10.5. The van der Waals surface area contributed by atoms with Gasteiger partial charge in [0.05, 0.1) is 11.4 Å². The minimum absolute atomic E-state index is 0.0249. The Bertz CT molecular complexity index is 1070. The number of aromatic nitrogens is 1. The Morgan fingerprint density at radius 1 is 1.00 bits per heavy atom. The molecule has 0 saturated heterocycles. The van der Waals surface area contributed by atoms with Gasteiger partial charge in [0.25, 0.3) is 0 Å². The van der Waals surface area contributed by atoms with Gasteiger partial charge in [0, 0.05) is 43.3 Å². The van der Waals surface area contributed by atoms with E-state index in [1.54, 1.807) is 29.1 Å². The number of nitrogens with zero attached hydrogens (tertiary/aromatic N) is 3. The quantitative estimate of drug-likeness (QED) is 0.504. The lowest BCUT2D eigenvalue weighted by molar-refractivity contribution is -0.132. The molecule has 0 aliphatic carbocycles. The van der Waals surface area contributed by atoms with Crippen LogP contribution in [0, 0.1) is 0 Å². The third-order valence-corrected chi connectivity index (χ3v) is 6.66. The molecular formula is C26H27N3O2S. The van der Waals surface area contributed by atoms with E-state index >= 15 is 0 Å². The molecule has 0 radical (unpaired) electrons. The minimum Gasteiger partial charge on any atom is -0.334 e. The first kappa shape index (κ1) is 22.1. The molecule has 2 amide bonds. The Hall–Kier alpha value is -3.12. The lowest BCUT2D eigenvalue weighted by Crippen LogP contribution is -2.39. The summed E-state index contributed by atoms with van der Waals surface area (Å²) in [5, 5.41) is 0. The van der Waals surface area contributed by atoms with Gasteiger partial charge in [0.2, 0.25) is 11.8 Å². The van der Waals surface area contributed by atoms with E-state index in [0.29, 0.717) is 25.4 Å². The molecule has 4 rings (SSSR count). The van der Waals surface area contributed by atoms with Crippen molar-refractivity contribution in [2.24, 2.45) is 0 Å². The van der Waals surface area contributed by atoms with Crippen molar-refractivity contribution in [3.8, 4) is 0 Å². The first-order valence-electron chi connectivity index (χ1n) is 10.9. The molecule has 32 heavy (non-hydrogen) atoms. The van der Waals surface area contributed by atoms with Crippen molar-refractivity contribution < 1.29 is 9.59 Å². The summed E-state index contributed by atoms with van der Waals surface area (Å²) in [6.45, 7) is 3.53. The maximum absolute atomic E-state index is 13.3. The van der Waals surface area contributed by atoms with Crippen LogP contribution in [0.1, 0.15) is 30.0 Å². The third kappa shape index (κ3) is 5.37. The van der Waals surface area contributed by atoms with Crippen molar-refractivity contribution in [1.29, 1.82) is 0 Å². The number of aryl methyl sites for hydroxylation is 1. The highest BCUT2D eigenvalue weighted by atomic mass is 32.2. The summed E-state index contributed by atoms with van der Waals surface area (Å²) in [5.74, 6) is 0.487. The number of anilines is 1. The van der Waals surface area contributed by atoms with E-state index in [-0.39, 0.29) is 18.2 Å². The van der Waals surface area contributed by atoms with Gasteiger partial charge in [-0.1, -0.05) is 49.4 Å². The zero-order valence-electron chi connectivity index (χ0n) is 18.2. The van der Waals surface area contributed by atoms with Crippen molar-refractivity contribution in [1.82, 2.24) is 9.88 Å². The molecule has 0 N–H and O–H groups in total. The zero-order valence-corrected chi connectivity index (χ0v) is 19.1. The Balaban J connectivity index is 1.48. The predicted octanol–water partition coefficient (Wildman–Crippen LogP) is 4.70. The Morgan fingerprint density at radius 3 is 2.50 bits per heavy atom. The van der Waals surface area contributed by atoms with Crippen LogP contribution in [0.25, 0.3) is 0 Å². The summed E-state index contributed by atoms with van der Waals surface area (Å²) in [5.41, 5.74) is 4.26. The van der Waals surface area contributed by atoms with E-state index in [1.807, 2.05) is 41.3 Å². The average Bonchev–Trinajstić information content (AvgIpc) is 2.84. The smallest absolute Gasteiger partial charge is 0.237 e. The van der Waals surface area contributed by atoms with Crippen LogP contribution in [-0.2, 0) is 29.1 Å². The fraction of sp³-hybridized carbons (Fsp3) is 0.269. The number of benzene rings is 2. The van der Waals surface area contributed by atoms with Gasteiger partial charge in [-0.3, -0.25) is 14.6 Å². The molecule has 0 atom stereocenters. The molecule has 0 bridgehead atoms. The summed E-state index contributed by atoms with van der Waals surface area (Å²) >= 11 is 1.55. The number of hydrogen-bond acceptors (Lipinski definition) is 4. The molecular weight excluding hydrogens is 418 g/mol. The summed E-state index contributed by atoms with van der Waals surface area (Å²) in [6.07, 6.45) is 4.79. The number of fused-ring (bicyclic) bond motifs is 1. The van der Waals surface area contributed by atoms with Crippen LogP contribution in [-0.4, -0.2) is 34.0 Å². The standard InChI is InChI=1S/C26H27N3O2S/c1-2-20-9-11-21(12-10-20)17-28(18-22-6-5-14-27-16-22)25(30)13-15-29-23-7-3-4-8-24(23)32-19-26(29)31/h3-12,14,16H,2,13,15,17-19H2,1H3. The molecule has 5 nitrogen and oxygen atoms in total. The summed E-state index contributed by atoms with van der Waals surface area (Å²) < 4.78 is 0. The monoisotopic (exact) mass is 445 g/mol. The van der Waals surface area contributed by atoms with Gasteiger partial charge in [0.1, 0.15) is 0 Å². The second-order valence-corrected chi connectivity index (χ2v) is 8.85. The van der Waals surface area contributed by atoms with E-state index in [0.717, 1.165) is 28.1 Å². The molecule has 1 aliphatic rings. The third-order valence-electron chi connectivity index (χ3n) is 5.61. The van der Waals surface area contributed by atoms with Gasteiger partial charge in [-0.25, -0.2) is 0 Å². The largest absolute Gasteiger partial charge is 0.334 e. The van der Waals surface area contributed by atoms with Crippen LogP contribution >= 0.6 is 11.8 Å². The Morgan fingerprint density at radius 2 is 1.75 bits per heavy atom. The van der Waals surface area contributed by atoms with E-state index < -0.39 is 0 Å². The first-order valence-corrected chi connectivity index (χ1v) is 11.9. The Labute approximate surface area is 193 Å². The fourth-order valence-corrected chi connectivity index (χ4v) is 4.75. The fourth-order valence-electron chi connectivity index (χ4n) is 3.81. The lowest BCUT2D eigenvalue weighted by atomic mass is 10.1. The molecule has 0 spiro atoms. The SMILES string of the molecule is CCc1ccc(CN(Cc2cccnc2)C(=O)CCN2C(=O)CSc3ccccc32)cc1. The number of pyridine rings is 1. The molecule has 1 aromatic heterocycles. The van der Waals surface area contributed by atoms with Crippen LogP contribution < -0.4 is 4.90 Å². The van der Waals surface area contributed by atoms with Gasteiger partial charge >= 0.3 is 0 Å². The van der Waals surface area contributed by atoms with Crippen molar-refractivity contribution in [2.45, 2.75) is 37.8 Å². The van der Waals surface area contributed by atoms with Crippen molar-refractivity contribution in [2.75, 3.05) is 17.2 Å². The van der Waals surface area contributed by atoms with Crippen LogP contribution in [0.15, 0.2) is 78.0 Å². The van der Waals surface area contributed by atoms with Crippen LogP contribution in [0.5, 0.6) is 0 Å². The molecule has 0 saturated carbocycles. The molecule has 164 valence electrons. The summed E-state index contributed by atoms with van der Waals surface area (Å²) in [6, 6.07) is 20.2. The van der Waals surface area contributed by atoms with Crippen molar-refractivity contribution in [3.05, 3.63) is 89.7 Å². The topological polar surface area (TPSA) is 53.5 Å². The molecule has 1 aliphatic heterocycles. The van der Waals surface area contributed by atoms with E-state index in [4.69, 9.17) is 0 Å². The summed E-state index contributed by atoms with van der Waals surface area (Å²) in [4.78, 5) is 34.7. The zero-order chi connectivity index (χ0) is 22.3. The first-order chi connectivity index (χ1) is 15.6. The lowest BCUT2D eigenvalue weighted by Gasteiger charge is -2.30. The highest BCUT2D eigenvalue weighted by Gasteiger charge is 2.25. The second-order valence-electron chi connectivity index (χ2n) is 7.83. The number of hydrogen-bond donors (Lipinski definition) is 0. The summed E-state index contributed by atoms with van der Waals surface area (Å²) in [7, 11) is 0. The maximum atomic E-state index is 13.3. The minimum atomic E-state index is 0.0249. The van der Waals surface area contributed by atoms with Gasteiger partial charge in [-0.05, 0) is 41.3 Å². The molecule has 0 unspecified atom stereocenters. The number of carbonyl (C=O) groups is 2. The van der Waals surface area contributed by atoms with Gasteiger partial charge in [0.15, 0.2) is 0 Å². The predicted molar refractivity (Wildman–Crippen MR) is 128 cm³/mol. The van der Waals surface area contributed by atoms with E-state index in [9.17, 15) is 9.59 Å². The number of para-hydroxylation sites is 1. The normalized spacial score (nSPS) is 13.0. The van der Waals surface area contributed by atoms with Crippen molar-refractivity contribution in [3.63, 3.8) is 0 Å². The maximum Gasteiger partial charge on any atom is 0.237 e. The van der Waals surface area contributed by atoms with E-state index in [2.05, 4.69) is 36.2 Å². The number of thioether (sulfide) groups is 1. The van der Waals surface area contributed by atoms with Crippen LogP contribution in [0.4, 0.5) is 5.69 Å². The molecule has 3 aromatic rings. The van der Waals surface area contributed by atoms with Crippen LogP contribution in [0.2, 0.25) is 0 Å². The molecule has 0 fully saturated rings. The molecule has 2 heterocycles. The van der Waals surface area contributed by atoms with Crippen LogP contribution in [0.3, 0.4) is 0 Å². The Kier molecular flexibility index (Phi) is 7.22. The average molecular weight is 446 g/mol. The number of amides is 2. The van der Waals surface area contributed by atoms with E-state index in [1.165, 1.54) is 5.56 Å². The number of carbonyl (C=O) groups excluding carboxylic acids is 2. The highest BCUT2D eigenvalue weighted by Crippen LogP contribution is 2.35. The molecule has 6 heteroatoms. The highest BCUT2D eigenvalue weighted by molar-refractivity contribution is 8.00. The molecule has 2 aromatic carbocycles. The van der Waals surface area contributed by atoms with Gasteiger partial charge < -0.3 is 9.80 Å². The van der Waals surface area contributed by atoms with Crippen molar-refractivity contribution >= 4 is 29.3 Å². The number of rotatable bonds is 8.